The molecule has 1 aromatic heterocycles. The second kappa shape index (κ2) is 15.8. The molecule has 59 heavy (non-hydrogen) atoms. The van der Waals surface area contributed by atoms with Crippen molar-refractivity contribution in [1.29, 1.82) is 0 Å². The zero-order valence-electron chi connectivity index (χ0n) is 32.9. The second-order valence-corrected chi connectivity index (χ2v) is 15.0. The van der Waals surface area contributed by atoms with Crippen LogP contribution in [0.3, 0.4) is 0 Å². The van der Waals surface area contributed by atoms with Crippen molar-refractivity contribution in [2.45, 2.75) is 19.5 Å². The van der Waals surface area contributed by atoms with Gasteiger partial charge in [0.1, 0.15) is 6.17 Å². The summed E-state index contributed by atoms with van der Waals surface area (Å²) in [6.07, 6.45) is 7.47. The van der Waals surface area contributed by atoms with Crippen LogP contribution in [0.25, 0.3) is 72.9 Å². The molecular weight excluding hydrogens is 719 g/mol. The van der Waals surface area contributed by atoms with E-state index in [0.717, 1.165) is 57.7 Å². The number of fused-ring (bicyclic) bond motifs is 1. The highest BCUT2D eigenvalue weighted by Gasteiger charge is 2.30. The lowest BCUT2D eigenvalue weighted by molar-refractivity contribution is 0.729. The van der Waals surface area contributed by atoms with Crippen LogP contribution in [0.1, 0.15) is 18.9 Å². The minimum Gasteiger partial charge on any atom is -0.387 e. The highest BCUT2D eigenvalue weighted by molar-refractivity contribution is 5.95. The minimum atomic E-state index is 0.171. The lowest BCUT2D eigenvalue weighted by Gasteiger charge is -2.29. The van der Waals surface area contributed by atoms with Gasteiger partial charge < -0.3 is 15.5 Å². The van der Waals surface area contributed by atoms with Crippen LogP contribution in [-0.2, 0) is 0 Å². The Morgan fingerprint density at radius 3 is 1.81 bits per heavy atom. The fourth-order valence-corrected chi connectivity index (χ4v) is 8.37. The van der Waals surface area contributed by atoms with Gasteiger partial charge in [-0.1, -0.05) is 159 Å². The molecule has 0 bridgehead atoms. The fraction of sp³-hybridized carbons (Fsp3) is 0.0741. The van der Waals surface area contributed by atoms with Crippen molar-refractivity contribution in [2.75, 3.05) is 16.8 Å². The number of hydrogen-bond acceptors (Lipinski definition) is 5. The standard InChI is InChI=1S/C54H43N5/c1-2-53-56-48-23-9-11-25-52(48)59(53)51-24-10-8-22-47(51)46-21-7-6-20-45(46)43-18-12-16-41(34-43)42-17-13-19-44(35-42)54-57-49(39-14-4-3-5-15-39)36-50(58-54)40-28-26-37(27-29-40)38-30-32-55-33-31-38/h3-32,34-36,53,55-56H,2,33H2,1H3. The molecule has 2 aliphatic rings. The highest BCUT2D eigenvalue weighted by atomic mass is 15.3. The zero-order chi connectivity index (χ0) is 39.5. The number of rotatable bonds is 9. The van der Waals surface area contributed by atoms with Gasteiger partial charge in [0.2, 0.25) is 0 Å². The molecule has 8 aromatic rings. The number of anilines is 3. The van der Waals surface area contributed by atoms with Gasteiger partial charge in [0.25, 0.3) is 0 Å². The smallest absolute Gasteiger partial charge is 0.160 e. The van der Waals surface area contributed by atoms with Gasteiger partial charge in [-0.05, 0) is 94.0 Å². The summed E-state index contributed by atoms with van der Waals surface area (Å²) in [4.78, 5) is 12.8. The summed E-state index contributed by atoms with van der Waals surface area (Å²) in [7, 11) is 0. The number of nitrogens with one attached hydrogen (secondary N) is 2. The predicted molar refractivity (Wildman–Crippen MR) is 246 cm³/mol. The van der Waals surface area contributed by atoms with Crippen molar-refractivity contribution >= 4 is 22.6 Å². The van der Waals surface area contributed by atoms with Crippen molar-refractivity contribution < 1.29 is 0 Å². The first-order valence-corrected chi connectivity index (χ1v) is 20.4. The van der Waals surface area contributed by atoms with Gasteiger partial charge in [-0.15, -0.1) is 0 Å². The number of para-hydroxylation sites is 3. The molecule has 284 valence electrons. The highest BCUT2D eigenvalue weighted by Crippen LogP contribution is 2.46. The summed E-state index contributed by atoms with van der Waals surface area (Å²) in [5.41, 5.74) is 17.8. The van der Waals surface area contributed by atoms with E-state index in [-0.39, 0.29) is 6.17 Å². The minimum absolute atomic E-state index is 0.171. The molecule has 1 atom stereocenters. The van der Waals surface area contributed by atoms with Gasteiger partial charge in [0, 0.05) is 28.8 Å². The number of nitrogens with zero attached hydrogens (tertiary/aromatic N) is 3. The number of benzene rings is 7. The lowest BCUT2D eigenvalue weighted by Crippen LogP contribution is -2.31. The fourth-order valence-electron chi connectivity index (χ4n) is 8.37. The third-order valence-corrected chi connectivity index (χ3v) is 11.3. The first kappa shape index (κ1) is 35.9. The SMILES string of the molecule is CCC1Nc2ccccc2N1c1ccccc1-c1ccccc1-c1cccc(-c2cccc(-c3nc(-c4ccccc4)cc(-c4ccc(C5=CCNC=C5)cc4)n3)c2)c1. The Kier molecular flexibility index (Phi) is 9.61. The molecule has 0 spiro atoms. The molecular formula is C54H43N5. The lowest BCUT2D eigenvalue weighted by atomic mass is 9.91. The van der Waals surface area contributed by atoms with Crippen LogP contribution >= 0.6 is 0 Å². The summed E-state index contributed by atoms with van der Waals surface area (Å²) in [6, 6.07) is 64.8. The number of hydrogen-bond donors (Lipinski definition) is 2. The van der Waals surface area contributed by atoms with E-state index >= 15 is 0 Å². The average Bonchev–Trinajstić information content (AvgIpc) is 3.71. The maximum Gasteiger partial charge on any atom is 0.160 e. The molecule has 0 saturated carbocycles. The van der Waals surface area contributed by atoms with E-state index in [1.54, 1.807) is 0 Å². The van der Waals surface area contributed by atoms with Gasteiger partial charge in [-0.25, -0.2) is 9.97 Å². The second-order valence-electron chi connectivity index (χ2n) is 15.0. The van der Waals surface area contributed by atoms with Crippen LogP contribution in [0.4, 0.5) is 17.1 Å². The van der Waals surface area contributed by atoms with Crippen LogP contribution in [0.5, 0.6) is 0 Å². The van der Waals surface area contributed by atoms with E-state index in [1.807, 2.05) is 12.3 Å². The molecule has 0 saturated heterocycles. The maximum atomic E-state index is 5.19. The summed E-state index contributed by atoms with van der Waals surface area (Å²) in [5, 5.41) is 6.98. The third kappa shape index (κ3) is 7.08. The Morgan fingerprint density at radius 2 is 1.08 bits per heavy atom. The van der Waals surface area contributed by atoms with E-state index in [1.165, 1.54) is 44.9 Å². The van der Waals surface area contributed by atoms with Crippen molar-refractivity contribution in [3.8, 4) is 67.3 Å². The van der Waals surface area contributed by atoms with E-state index in [2.05, 4.69) is 211 Å². The van der Waals surface area contributed by atoms with E-state index < -0.39 is 0 Å². The summed E-state index contributed by atoms with van der Waals surface area (Å²) >= 11 is 0. The molecule has 1 unspecified atom stereocenters. The number of aromatic nitrogens is 2. The molecule has 3 heterocycles. The van der Waals surface area contributed by atoms with Crippen LogP contribution in [0.15, 0.2) is 200 Å². The van der Waals surface area contributed by atoms with Gasteiger partial charge in [-0.3, -0.25) is 0 Å². The van der Waals surface area contributed by atoms with E-state index in [0.29, 0.717) is 5.82 Å². The Hall–Kier alpha value is -7.50. The van der Waals surface area contributed by atoms with Gasteiger partial charge in [0.05, 0.1) is 28.5 Å². The van der Waals surface area contributed by atoms with E-state index in [4.69, 9.17) is 9.97 Å². The molecule has 0 fully saturated rings. The van der Waals surface area contributed by atoms with E-state index in [9.17, 15) is 0 Å². The molecule has 5 heteroatoms. The molecule has 2 N–H and O–H groups in total. The Bertz CT molecular complexity index is 2860. The van der Waals surface area contributed by atoms with Crippen LogP contribution in [-0.4, -0.2) is 22.7 Å². The average molecular weight is 762 g/mol. The number of allylic oxidation sites excluding steroid dienone is 2. The molecule has 10 rings (SSSR count). The van der Waals surface area contributed by atoms with Crippen molar-refractivity contribution in [1.82, 2.24) is 15.3 Å². The normalized spacial score (nSPS) is 14.3. The summed E-state index contributed by atoms with van der Waals surface area (Å²) in [6.45, 7) is 3.07. The van der Waals surface area contributed by atoms with Gasteiger partial charge >= 0.3 is 0 Å². The Morgan fingerprint density at radius 1 is 0.508 bits per heavy atom. The van der Waals surface area contributed by atoms with Gasteiger partial charge in [-0.2, -0.15) is 0 Å². The molecule has 5 nitrogen and oxygen atoms in total. The first-order valence-electron chi connectivity index (χ1n) is 20.4. The molecule has 0 aliphatic carbocycles. The quantitative estimate of drug-likeness (QED) is 0.153. The molecule has 2 aliphatic heterocycles. The molecule has 0 radical (unpaired) electrons. The number of dihydropyridines is 1. The maximum absolute atomic E-state index is 5.19. The third-order valence-electron chi connectivity index (χ3n) is 11.3. The van der Waals surface area contributed by atoms with Crippen molar-refractivity contribution in [3.05, 3.63) is 206 Å². The van der Waals surface area contributed by atoms with Crippen LogP contribution in [0.2, 0.25) is 0 Å². The van der Waals surface area contributed by atoms with Gasteiger partial charge in [0.15, 0.2) is 5.82 Å². The predicted octanol–water partition coefficient (Wildman–Crippen LogP) is 13.3. The Labute approximate surface area is 346 Å². The topological polar surface area (TPSA) is 53.1 Å². The zero-order valence-corrected chi connectivity index (χ0v) is 32.9. The summed E-state index contributed by atoms with van der Waals surface area (Å²) < 4.78 is 0. The largest absolute Gasteiger partial charge is 0.387 e. The summed E-state index contributed by atoms with van der Waals surface area (Å²) in [5.74, 6) is 0.692. The molecule has 7 aromatic carbocycles. The van der Waals surface area contributed by atoms with Crippen LogP contribution in [0, 0.1) is 0 Å². The van der Waals surface area contributed by atoms with Crippen LogP contribution < -0.4 is 15.5 Å². The molecule has 0 amide bonds. The first-order chi connectivity index (χ1) is 29.2. The van der Waals surface area contributed by atoms with Crippen molar-refractivity contribution in [2.24, 2.45) is 0 Å². The monoisotopic (exact) mass is 761 g/mol. The Balaban J connectivity index is 1.02. The van der Waals surface area contributed by atoms with Crippen molar-refractivity contribution in [3.63, 3.8) is 0 Å².